The van der Waals surface area contributed by atoms with Crippen LogP contribution in [0.5, 0.6) is 0 Å². The zero-order valence-electron chi connectivity index (χ0n) is 12.0. The van der Waals surface area contributed by atoms with Crippen LogP contribution in [-0.2, 0) is 14.8 Å². The lowest BCUT2D eigenvalue weighted by atomic mass is 9.81. The molecular formula is C14H18ClNO4S. The molecule has 5 nitrogen and oxygen atoms in total. The zero-order chi connectivity index (χ0) is 15.8. The van der Waals surface area contributed by atoms with Crippen molar-refractivity contribution in [2.45, 2.75) is 31.6 Å². The normalized spacial score (nSPS) is 19.4. The Bertz CT molecular complexity index is 664. The van der Waals surface area contributed by atoms with Crippen molar-refractivity contribution in [3.05, 3.63) is 28.8 Å². The van der Waals surface area contributed by atoms with Gasteiger partial charge in [0.05, 0.1) is 10.3 Å². The summed E-state index contributed by atoms with van der Waals surface area (Å²) in [6.45, 7) is 3.79. The predicted molar refractivity (Wildman–Crippen MR) is 79.9 cm³/mol. The van der Waals surface area contributed by atoms with Gasteiger partial charge in [0, 0.05) is 18.1 Å². The maximum Gasteiger partial charge on any atom is 0.309 e. The first-order chi connectivity index (χ1) is 9.67. The molecule has 0 spiro atoms. The Morgan fingerprint density at radius 2 is 1.90 bits per heavy atom. The molecule has 0 amide bonds. The Balaban J connectivity index is 2.25. The van der Waals surface area contributed by atoms with E-state index in [2.05, 4.69) is 0 Å². The number of piperidine rings is 1. The topological polar surface area (TPSA) is 74.7 Å². The van der Waals surface area contributed by atoms with Gasteiger partial charge in [0.15, 0.2) is 0 Å². The smallest absolute Gasteiger partial charge is 0.309 e. The monoisotopic (exact) mass is 331 g/mol. The minimum absolute atomic E-state index is 0.215. The number of benzene rings is 1. The second kappa shape index (κ2) is 5.59. The number of aryl methyl sites for hydroxylation is 1. The minimum atomic E-state index is -3.60. The standard InChI is InChI=1S/C14H18ClNO4S/c1-10-9-11(15)3-4-12(10)21(19,20)16-7-5-14(2,6-8-16)13(17)18/h3-4,9H,5-8H2,1-2H3,(H,17,18). The third kappa shape index (κ3) is 3.07. The first kappa shape index (κ1) is 16.3. The second-order valence-corrected chi connectivity index (χ2v) is 8.02. The van der Waals surface area contributed by atoms with Gasteiger partial charge in [-0.15, -0.1) is 0 Å². The van der Waals surface area contributed by atoms with Gasteiger partial charge in [-0.1, -0.05) is 11.6 Å². The van der Waals surface area contributed by atoms with Gasteiger partial charge in [0.2, 0.25) is 10.0 Å². The maximum atomic E-state index is 12.6. The van der Waals surface area contributed by atoms with Crippen LogP contribution in [0.1, 0.15) is 25.3 Å². The van der Waals surface area contributed by atoms with Crippen molar-refractivity contribution in [2.75, 3.05) is 13.1 Å². The number of aliphatic carboxylic acids is 1. The quantitative estimate of drug-likeness (QED) is 0.923. The summed E-state index contributed by atoms with van der Waals surface area (Å²) in [6, 6.07) is 4.66. The predicted octanol–water partition coefficient (Wildman–Crippen LogP) is 2.52. The highest BCUT2D eigenvalue weighted by molar-refractivity contribution is 7.89. The van der Waals surface area contributed by atoms with Crippen molar-refractivity contribution < 1.29 is 18.3 Å². The summed E-state index contributed by atoms with van der Waals surface area (Å²) in [5, 5.41) is 9.69. The molecule has 1 heterocycles. The van der Waals surface area contributed by atoms with Crippen molar-refractivity contribution >= 4 is 27.6 Å². The number of nitrogens with zero attached hydrogens (tertiary/aromatic N) is 1. The average Bonchev–Trinajstić information content (AvgIpc) is 2.38. The van der Waals surface area contributed by atoms with Gasteiger partial charge < -0.3 is 5.11 Å². The lowest BCUT2D eigenvalue weighted by Gasteiger charge is -2.35. The van der Waals surface area contributed by atoms with E-state index in [4.69, 9.17) is 11.6 Å². The van der Waals surface area contributed by atoms with E-state index in [1.54, 1.807) is 26.0 Å². The summed E-state index contributed by atoms with van der Waals surface area (Å²) < 4.78 is 26.6. The Morgan fingerprint density at radius 3 is 2.38 bits per heavy atom. The molecule has 0 radical (unpaired) electrons. The molecule has 21 heavy (non-hydrogen) atoms. The van der Waals surface area contributed by atoms with Crippen molar-refractivity contribution in [2.24, 2.45) is 5.41 Å². The van der Waals surface area contributed by atoms with Crippen molar-refractivity contribution in [3.8, 4) is 0 Å². The van der Waals surface area contributed by atoms with Crippen LogP contribution in [0.4, 0.5) is 0 Å². The average molecular weight is 332 g/mol. The van der Waals surface area contributed by atoms with Crippen molar-refractivity contribution in [1.29, 1.82) is 0 Å². The maximum absolute atomic E-state index is 12.6. The van der Waals surface area contributed by atoms with E-state index in [1.807, 2.05) is 0 Å². The number of sulfonamides is 1. The second-order valence-electron chi connectivity index (χ2n) is 5.68. The van der Waals surface area contributed by atoms with Crippen LogP contribution in [0.15, 0.2) is 23.1 Å². The molecule has 7 heteroatoms. The van der Waals surface area contributed by atoms with Gasteiger partial charge >= 0.3 is 5.97 Å². The summed E-state index contributed by atoms with van der Waals surface area (Å²) in [4.78, 5) is 11.4. The summed E-state index contributed by atoms with van der Waals surface area (Å²) in [7, 11) is -3.60. The molecule has 0 aliphatic carbocycles. The fourth-order valence-electron chi connectivity index (χ4n) is 2.48. The largest absolute Gasteiger partial charge is 0.481 e. The molecule has 1 N–H and O–H groups in total. The summed E-state index contributed by atoms with van der Waals surface area (Å²) in [6.07, 6.45) is 0.627. The van der Waals surface area contributed by atoms with Crippen LogP contribution in [0.3, 0.4) is 0 Å². The number of carboxylic acid groups (broad SMARTS) is 1. The molecule has 0 aromatic heterocycles. The molecule has 1 aromatic rings. The van der Waals surface area contributed by atoms with E-state index in [0.717, 1.165) is 0 Å². The molecule has 2 rings (SSSR count). The molecule has 1 aromatic carbocycles. The highest BCUT2D eigenvalue weighted by atomic mass is 35.5. The molecule has 0 unspecified atom stereocenters. The highest BCUT2D eigenvalue weighted by Gasteiger charge is 2.40. The van der Waals surface area contributed by atoms with Crippen molar-refractivity contribution in [3.63, 3.8) is 0 Å². The Morgan fingerprint density at radius 1 is 1.33 bits per heavy atom. The van der Waals surface area contributed by atoms with Gasteiger partial charge in [-0.3, -0.25) is 4.79 Å². The molecule has 1 fully saturated rings. The van der Waals surface area contributed by atoms with E-state index in [9.17, 15) is 18.3 Å². The van der Waals surface area contributed by atoms with Crippen LogP contribution >= 0.6 is 11.6 Å². The fourth-order valence-corrected chi connectivity index (χ4v) is 4.35. The van der Waals surface area contributed by atoms with Crippen LogP contribution in [-0.4, -0.2) is 36.9 Å². The van der Waals surface area contributed by atoms with Crippen LogP contribution < -0.4 is 0 Å². The van der Waals surface area contributed by atoms with Crippen LogP contribution in [0, 0.1) is 12.3 Å². The summed E-state index contributed by atoms with van der Waals surface area (Å²) in [5.41, 5.74) is -0.254. The lowest BCUT2D eigenvalue weighted by molar-refractivity contribution is -0.150. The molecular weight excluding hydrogens is 314 g/mol. The fraction of sp³-hybridized carbons (Fsp3) is 0.500. The lowest BCUT2D eigenvalue weighted by Crippen LogP contribution is -2.45. The molecule has 1 aliphatic heterocycles. The number of rotatable bonds is 3. The van der Waals surface area contributed by atoms with Crippen LogP contribution in [0.25, 0.3) is 0 Å². The summed E-state index contributed by atoms with van der Waals surface area (Å²) in [5.74, 6) is -0.873. The Kier molecular flexibility index (Phi) is 4.33. The molecule has 0 bridgehead atoms. The van der Waals surface area contributed by atoms with E-state index in [0.29, 0.717) is 23.4 Å². The first-order valence-corrected chi connectivity index (χ1v) is 8.48. The number of carbonyl (C=O) groups is 1. The van der Waals surface area contributed by atoms with Gasteiger partial charge in [-0.25, -0.2) is 8.42 Å². The van der Waals surface area contributed by atoms with Gasteiger partial charge in [-0.2, -0.15) is 4.31 Å². The third-order valence-electron chi connectivity index (χ3n) is 4.10. The minimum Gasteiger partial charge on any atom is -0.481 e. The Labute approximate surface area is 129 Å². The molecule has 1 saturated heterocycles. The van der Waals surface area contributed by atoms with Crippen molar-refractivity contribution in [1.82, 2.24) is 4.31 Å². The van der Waals surface area contributed by atoms with E-state index < -0.39 is 21.4 Å². The van der Waals surface area contributed by atoms with Gasteiger partial charge in [-0.05, 0) is 50.5 Å². The van der Waals surface area contributed by atoms with E-state index in [-0.39, 0.29) is 18.0 Å². The SMILES string of the molecule is Cc1cc(Cl)ccc1S(=O)(=O)N1CCC(C)(C(=O)O)CC1. The molecule has 0 atom stereocenters. The zero-order valence-corrected chi connectivity index (χ0v) is 13.5. The van der Waals surface area contributed by atoms with Gasteiger partial charge in [0.25, 0.3) is 0 Å². The van der Waals surface area contributed by atoms with E-state index in [1.165, 1.54) is 10.4 Å². The van der Waals surface area contributed by atoms with E-state index >= 15 is 0 Å². The number of hydrogen-bond donors (Lipinski definition) is 1. The molecule has 1 aliphatic rings. The first-order valence-electron chi connectivity index (χ1n) is 6.66. The number of hydrogen-bond acceptors (Lipinski definition) is 3. The van der Waals surface area contributed by atoms with Crippen LogP contribution in [0.2, 0.25) is 5.02 Å². The third-order valence-corrected chi connectivity index (χ3v) is 6.39. The van der Waals surface area contributed by atoms with Gasteiger partial charge in [0.1, 0.15) is 0 Å². The number of carboxylic acids is 1. The number of halogens is 1. The highest BCUT2D eigenvalue weighted by Crippen LogP contribution is 2.34. The molecule has 116 valence electrons. The summed E-state index contributed by atoms with van der Waals surface area (Å²) >= 11 is 5.85. The Hall–Kier alpha value is -1.11. The molecule has 0 saturated carbocycles.